The monoisotopic (exact) mass is 558 g/mol. The maximum absolute atomic E-state index is 13.3. The van der Waals surface area contributed by atoms with Gasteiger partial charge in [-0.1, -0.05) is 18.9 Å². The van der Waals surface area contributed by atoms with E-state index < -0.39 is 0 Å². The molecule has 0 radical (unpaired) electrons. The van der Waals surface area contributed by atoms with Crippen molar-refractivity contribution < 1.29 is 18.7 Å². The number of ether oxygens (including phenoxy) is 1. The highest BCUT2D eigenvalue weighted by Gasteiger charge is 2.27. The third-order valence-corrected chi connectivity index (χ3v) is 7.84. The number of amides is 1. The molecule has 3 aromatic heterocycles. The Morgan fingerprint density at radius 3 is 2.76 bits per heavy atom. The van der Waals surface area contributed by atoms with Crippen LogP contribution in [0.4, 0.5) is 0 Å². The van der Waals surface area contributed by atoms with Gasteiger partial charge in [0, 0.05) is 35.0 Å². The second-order valence-electron chi connectivity index (χ2n) is 10.9. The highest BCUT2D eigenvalue weighted by atomic mass is 16.5. The van der Waals surface area contributed by atoms with Crippen LogP contribution in [-0.4, -0.2) is 63.8 Å². The van der Waals surface area contributed by atoms with Gasteiger partial charge in [-0.3, -0.25) is 14.6 Å². The van der Waals surface area contributed by atoms with E-state index in [0.29, 0.717) is 24.4 Å². The summed E-state index contributed by atoms with van der Waals surface area (Å²) >= 11 is 0. The Morgan fingerprint density at radius 1 is 1.17 bits per heavy atom. The molecule has 0 bridgehead atoms. The lowest BCUT2D eigenvalue weighted by Gasteiger charge is -2.29. The third kappa shape index (κ3) is 7.00. The van der Waals surface area contributed by atoms with E-state index in [-0.39, 0.29) is 29.5 Å². The zero-order valence-corrected chi connectivity index (χ0v) is 24.0. The van der Waals surface area contributed by atoms with Gasteiger partial charge in [-0.15, -0.1) is 0 Å². The van der Waals surface area contributed by atoms with Crippen LogP contribution < -0.4 is 10.1 Å². The summed E-state index contributed by atoms with van der Waals surface area (Å²) in [4.78, 5) is 44.5. The Bertz CT molecular complexity index is 1470. The number of fused-ring (bicyclic) bond motifs is 1. The first-order valence-corrected chi connectivity index (χ1v) is 14.3. The molecule has 1 amide bonds. The molecule has 1 atom stereocenters. The molecule has 0 aliphatic carbocycles. The van der Waals surface area contributed by atoms with E-state index in [4.69, 9.17) is 14.1 Å². The van der Waals surface area contributed by atoms with Gasteiger partial charge in [0.1, 0.15) is 17.8 Å². The molecule has 4 heterocycles. The molecule has 216 valence electrons. The Morgan fingerprint density at radius 2 is 2.00 bits per heavy atom. The quantitative estimate of drug-likeness (QED) is 0.178. The van der Waals surface area contributed by atoms with Crippen molar-refractivity contribution in [3.05, 3.63) is 60.3 Å². The fourth-order valence-corrected chi connectivity index (χ4v) is 5.40. The largest absolute Gasteiger partial charge is 0.496 e. The lowest BCUT2D eigenvalue weighted by Crippen LogP contribution is -2.40. The number of oxazole rings is 1. The number of nitrogens with one attached hydrogen (secondary N) is 2. The number of unbranched alkanes of at least 4 members (excludes halogenated alkanes) is 2. The topological polar surface area (TPSA) is 126 Å². The van der Waals surface area contributed by atoms with Gasteiger partial charge in [0.15, 0.2) is 0 Å². The fraction of sp³-hybridized carbons (Fsp3) is 0.452. The van der Waals surface area contributed by atoms with Gasteiger partial charge >= 0.3 is 0 Å². The molecule has 0 spiro atoms. The number of carbonyl (C=O) groups is 2. The molecule has 0 unspecified atom stereocenters. The first-order valence-electron chi connectivity index (χ1n) is 14.3. The Balaban J connectivity index is 1.30. The van der Waals surface area contributed by atoms with Crippen LogP contribution >= 0.6 is 0 Å². The molecule has 5 rings (SSSR count). The smallest absolute Gasteiger partial charge is 0.263 e. The van der Waals surface area contributed by atoms with Gasteiger partial charge in [0.2, 0.25) is 11.7 Å². The molecule has 1 aliphatic rings. The van der Waals surface area contributed by atoms with Gasteiger partial charge in [0.25, 0.3) is 5.89 Å². The molecule has 4 aromatic rings. The molecule has 10 nitrogen and oxygen atoms in total. The van der Waals surface area contributed by atoms with Crippen molar-refractivity contribution in [3.8, 4) is 17.0 Å². The van der Waals surface area contributed by atoms with E-state index >= 15 is 0 Å². The number of benzene rings is 1. The highest BCUT2D eigenvalue weighted by Crippen LogP contribution is 2.34. The van der Waals surface area contributed by atoms with Crippen LogP contribution in [0, 0.1) is 12.8 Å². The number of ketones is 1. The van der Waals surface area contributed by atoms with Crippen LogP contribution in [0.25, 0.3) is 22.2 Å². The van der Waals surface area contributed by atoms with E-state index in [1.807, 2.05) is 19.1 Å². The minimum atomic E-state index is -0.269. The number of piperidine rings is 1. The van der Waals surface area contributed by atoms with Gasteiger partial charge < -0.3 is 24.4 Å². The zero-order valence-electron chi connectivity index (χ0n) is 24.0. The lowest BCUT2D eigenvalue weighted by molar-refractivity contribution is -0.127. The van der Waals surface area contributed by atoms with Crippen molar-refractivity contribution in [3.63, 3.8) is 0 Å². The second-order valence-corrected chi connectivity index (χ2v) is 10.9. The Kier molecular flexibility index (Phi) is 9.08. The first kappa shape index (κ1) is 28.5. The van der Waals surface area contributed by atoms with Crippen LogP contribution in [0.1, 0.15) is 73.2 Å². The standard InChI is InChI=1S/C31H38N6O4/c1-20-9-10-22-17-23(28(40-3)18-25(22)34-20)26-19-33-29(35-26)24(36-30(39)21-11-14-37(2)15-12-21)7-5-4-6-8-27(38)31-32-13-16-41-31/h9-10,13,16-19,21,24H,4-8,11-12,14-15H2,1-3H3,(H,33,35)(H,36,39)/t24-/m0/s1. The van der Waals surface area contributed by atoms with Gasteiger partial charge in [0.05, 0.1) is 36.8 Å². The van der Waals surface area contributed by atoms with E-state index in [1.54, 1.807) is 13.3 Å². The van der Waals surface area contributed by atoms with Gasteiger partial charge in [-0.2, -0.15) is 0 Å². The van der Waals surface area contributed by atoms with E-state index in [0.717, 1.165) is 73.0 Å². The number of rotatable bonds is 12. The van der Waals surface area contributed by atoms with Crippen LogP contribution in [-0.2, 0) is 4.79 Å². The summed E-state index contributed by atoms with van der Waals surface area (Å²) in [5.41, 5.74) is 3.51. The number of aromatic amines is 1. The number of carbonyl (C=O) groups excluding carboxylic acids is 2. The Hall–Kier alpha value is -4.05. The number of nitrogens with zero attached hydrogens (tertiary/aromatic N) is 4. The summed E-state index contributed by atoms with van der Waals surface area (Å²) in [7, 11) is 3.74. The molecular weight excluding hydrogens is 520 g/mol. The third-order valence-electron chi connectivity index (χ3n) is 7.84. The predicted molar refractivity (Wildman–Crippen MR) is 156 cm³/mol. The van der Waals surface area contributed by atoms with Gasteiger partial charge in [-0.05, 0) is 64.9 Å². The van der Waals surface area contributed by atoms with Crippen molar-refractivity contribution in [1.29, 1.82) is 0 Å². The van der Waals surface area contributed by atoms with Crippen LogP contribution in [0.15, 0.2) is 47.3 Å². The Labute approximate surface area is 239 Å². The molecule has 10 heteroatoms. The number of methoxy groups -OCH3 is 1. The molecule has 1 saturated heterocycles. The summed E-state index contributed by atoms with van der Waals surface area (Å²) in [6, 6.07) is 7.76. The number of imidazole rings is 1. The number of likely N-dealkylation sites (tertiary alicyclic amines) is 1. The SMILES string of the molecule is COc1cc2nc(C)ccc2cc1-c1cnc([C@H](CCCCCC(=O)c2ncco2)NC(=O)C2CCN(C)CC2)[nH]1. The maximum Gasteiger partial charge on any atom is 0.263 e. The predicted octanol–water partition coefficient (Wildman–Crippen LogP) is 5.26. The number of H-pyrrole nitrogens is 1. The first-order chi connectivity index (χ1) is 19.9. The maximum atomic E-state index is 13.3. The lowest BCUT2D eigenvalue weighted by atomic mass is 9.95. The van der Waals surface area contributed by atoms with E-state index in [1.165, 1.54) is 12.5 Å². The molecular formula is C31H38N6O4. The fourth-order valence-electron chi connectivity index (χ4n) is 5.40. The summed E-state index contributed by atoms with van der Waals surface area (Å²) in [6.07, 6.45) is 9.87. The summed E-state index contributed by atoms with van der Waals surface area (Å²) in [6.45, 7) is 3.81. The average molecular weight is 559 g/mol. The van der Waals surface area contributed by atoms with Crippen molar-refractivity contribution in [2.45, 2.75) is 57.9 Å². The van der Waals surface area contributed by atoms with Crippen molar-refractivity contribution in [2.75, 3.05) is 27.2 Å². The van der Waals surface area contributed by atoms with Crippen LogP contribution in [0.2, 0.25) is 0 Å². The van der Waals surface area contributed by atoms with Crippen molar-refractivity contribution in [1.82, 2.24) is 30.2 Å². The number of Topliss-reactive ketones (excluding diaryl/α,β-unsaturated/α-hetero) is 1. The minimum absolute atomic E-state index is 0.00177. The average Bonchev–Trinajstić information content (AvgIpc) is 3.69. The van der Waals surface area contributed by atoms with Crippen molar-refractivity contribution in [2.24, 2.45) is 5.92 Å². The summed E-state index contributed by atoms with van der Waals surface area (Å²) in [5.74, 6) is 1.55. The van der Waals surface area contributed by atoms with Crippen LogP contribution in [0.3, 0.4) is 0 Å². The number of pyridine rings is 1. The molecule has 2 N–H and O–H groups in total. The minimum Gasteiger partial charge on any atom is -0.496 e. The van der Waals surface area contributed by atoms with E-state index in [2.05, 4.69) is 44.3 Å². The normalized spacial score (nSPS) is 15.2. The zero-order chi connectivity index (χ0) is 28.8. The van der Waals surface area contributed by atoms with E-state index in [9.17, 15) is 9.59 Å². The number of aryl methyl sites for hydroxylation is 1. The second kappa shape index (κ2) is 13.1. The molecule has 41 heavy (non-hydrogen) atoms. The number of hydrogen-bond acceptors (Lipinski definition) is 8. The van der Waals surface area contributed by atoms with Gasteiger partial charge in [-0.25, -0.2) is 9.97 Å². The van der Waals surface area contributed by atoms with Crippen LogP contribution in [0.5, 0.6) is 5.75 Å². The van der Waals surface area contributed by atoms with Crippen molar-refractivity contribution >= 4 is 22.6 Å². The molecule has 0 saturated carbocycles. The number of hydrogen-bond donors (Lipinski definition) is 2. The molecule has 1 aromatic carbocycles. The number of aromatic nitrogens is 4. The molecule has 1 fully saturated rings. The molecule has 1 aliphatic heterocycles. The summed E-state index contributed by atoms with van der Waals surface area (Å²) in [5, 5.41) is 4.29. The highest BCUT2D eigenvalue weighted by molar-refractivity contribution is 5.91. The summed E-state index contributed by atoms with van der Waals surface area (Å²) < 4.78 is 10.8.